The van der Waals surface area contributed by atoms with Crippen LogP contribution >= 0.6 is 11.8 Å². The lowest BCUT2D eigenvalue weighted by Gasteiger charge is -2.12. The number of thioether (sulfide) groups is 1. The standard InChI is InChI=1S/C17H13FN4O2S/c18-12-5-1-2-6-13(12)22-15(11-4-3-8-19-10-11)20-21-17(22)25-14-7-9-24-16(14)23/h1-6,8,10,14H,7,9H2/t14-/m0/s1. The van der Waals surface area contributed by atoms with Gasteiger partial charge in [0.1, 0.15) is 11.1 Å². The largest absolute Gasteiger partial charge is 0.465 e. The fourth-order valence-electron chi connectivity index (χ4n) is 2.59. The highest BCUT2D eigenvalue weighted by molar-refractivity contribution is 8.00. The van der Waals surface area contributed by atoms with Crippen molar-refractivity contribution in [2.75, 3.05) is 6.61 Å². The van der Waals surface area contributed by atoms with Gasteiger partial charge in [0.25, 0.3) is 0 Å². The Labute approximate surface area is 147 Å². The summed E-state index contributed by atoms with van der Waals surface area (Å²) in [5.74, 6) is -0.216. The minimum Gasteiger partial charge on any atom is -0.465 e. The Balaban J connectivity index is 1.83. The number of esters is 1. The first-order valence-corrected chi connectivity index (χ1v) is 8.56. The van der Waals surface area contributed by atoms with Crippen molar-refractivity contribution in [3.63, 3.8) is 0 Å². The van der Waals surface area contributed by atoms with E-state index in [1.807, 2.05) is 6.07 Å². The molecular weight excluding hydrogens is 343 g/mol. The molecule has 0 aliphatic carbocycles. The van der Waals surface area contributed by atoms with E-state index in [2.05, 4.69) is 15.2 Å². The van der Waals surface area contributed by atoms with Gasteiger partial charge in [0, 0.05) is 24.4 Å². The lowest BCUT2D eigenvalue weighted by molar-refractivity contribution is -0.137. The Morgan fingerprint density at radius 1 is 1.20 bits per heavy atom. The van der Waals surface area contributed by atoms with Crippen LogP contribution in [0.4, 0.5) is 4.39 Å². The van der Waals surface area contributed by atoms with Crippen LogP contribution in [-0.2, 0) is 9.53 Å². The highest BCUT2D eigenvalue weighted by atomic mass is 32.2. The number of rotatable bonds is 4. The minimum absolute atomic E-state index is 0.281. The van der Waals surface area contributed by atoms with Gasteiger partial charge >= 0.3 is 5.97 Å². The monoisotopic (exact) mass is 356 g/mol. The lowest BCUT2D eigenvalue weighted by Crippen LogP contribution is -2.11. The Hall–Kier alpha value is -2.74. The quantitative estimate of drug-likeness (QED) is 0.670. The first-order valence-electron chi connectivity index (χ1n) is 7.68. The molecule has 1 aromatic carbocycles. The summed E-state index contributed by atoms with van der Waals surface area (Å²) in [7, 11) is 0. The molecule has 0 N–H and O–H groups in total. The Morgan fingerprint density at radius 2 is 2.08 bits per heavy atom. The van der Waals surface area contributed by atoms with Crippen LogP contribution in [0.5, 0.6) is 0 Å². The van der Waals surface area contributed by atoms with E-state index in [0.717, 1.165) is 0 Å². The first kappa shape index (κ1) is 15.8. The molecule has 8 heteroatoms. The maximum Gasteiger partial charge on any atom is 0.319 e. The summed E-state index contributed by atoms with van der Waals surface area (Å²) >= 11 is 1.23. The summed E-state index contributed by atoms with van der Waals surface area (Å²) in [6.07, 6.45) is 3.88. The summed E-state index contributed by atoms with van der Waals surface area (Å²) in [6, 6.07) is 9.98. The van der Waals surface area contributed by atoms with E-state index in [1.54, 1.807) is 41.2 Å². The predicted octanol–water partition coefficient (Wildman–Crippen LogP) is 2.88. The van der Waals surface area contributed by atoms with Crippen molar-refractivity contribution < 1.29 is 13.9 Å². The van der Waals surface area contributed by atoms with Gasteiger partial charge in [-0.3, -0.25) is 14.3 Å². The number of para-hydroxylation sites is 1. The summed E-state index contributed by atoms with van der Waals surface area (Å²) < 4.78 is 21.0. The van der Waals surface area contributed by atoms with Crippen molar-refractivity contribution in [1.29, 1.82) is 0 Å². The van der Waals surface area contributed by atoms with E-state index < -0.39 is 5.82 Å². The summed E-state index contributed by atoms with van der Waals surface area (Å²) in [5, 5.41) is 8.46. The summed E-state index contributed by atoms with van der Waals surface area (Å²) in [4.78, 5) is 15.9. The number of carbonyl (C=O) groups is 1. The average Bonchev–Trinajstić information content (AvgIpc) is 3.23. The molecule has 126 valence electrons. The molecule has 6 nitrogen and oxygen atoms in total. The molecule has 3 aromatic rings. The molecule has 1 saturated heterocycles. The van der Waals surface area contributed by atoms with Crippen molar-refractivity contribution in [3.05, 3.63) is 54.6 Å². The predicted molar refractivity (Wildman–Crippen MR) is 89.8 cm³/mol. The number of nitrogens with zero attached hydrogens (tertiary/aromatic N) is 4. The van der Waals surface area contributed by atoms with Crippen LogP contribution in [0.3, 0.4) is 0 Å². The number of halogens is 1. The fraction of sp³-hybridized carbons (Fsp3) is 0.176. The second-order valence-corrected chi connectivity index (χ2v) is 6.57. The molecule has 3 heterocycles. The third kappa shape index (κ3) is 3.00. The Bertz CT molecular complexity index is 916. The molecule has 2 aromatic heterocycles. The number of carbonyl (C=O) groups excluding carboxylic acids is 1. The smallest absolute Gasteiger partial charge is 0.319 e. The van der Waals surface area contributed by atoms with Gasteiger partial charge < -0.3 is 4.74 Å². The number of pyridine rings is 1. The van der Waals surface area contributed by atoms with Crippen LogP contribution in [0.15, 0.2) is 53.9 Å². The van der Waals surface area contributed by atoms with Gasteiger partial charge in [-0.25, -0.2) is 4.39 Å². The number of aromatic nitrogens is 4. The topological polar surface area (TPSA) is 69.9 Å². The molecule has 1 aliphatic heterocycles. The molecule has 0 amide bonds. The maximum absolute atomic E-state index is 14.4. The van der Waals surface area contributed by atoms with E-state index in [1.165, 1.54) is 17.8 Å². The van der Waals surface area contributed by atoms with Crippen molar-refractivity contribution in [2.24, 2.45) is 0 Å². The number of hydrogen-bond donors (Lipinski definition) is 0. The second kappa shape index (κ2) is 6.64. The summed E-state index contributed by atoms with van der Waals surface area (Å²) in [6.45, 7) is 0.389. The molecule has 1 aliphatic rings. The van der Waals surface area contributed by atoms with Crippen molar-refractivity contribution >= 4 is 17.7 Å². The van der Waals surface area contributed by atoms with Crippen LogP contribution in [0, 0.1) is 5.82 Å². The van der Waals surface area contributed by atoms with Crippen LogP contribution in [0.1, 0.15) is 6.42 Å². The number of benzene rings is 1. The lowest BCUT2D eigenvalue weighted by atomic mass is 10.2. The van der Waals surface area contributed by atoms with Gasteiger partial charge in [0.2, 0.25) is 0 Å². The van der Waals surface area contributed by atoms with E-state index in [4.69, 9.17) is 4.74 Å². The van der Waals surface area contributed by atoms with Crippen LogP contribution in [0.2, 0.25) is 0 Å². The minimum atomic E-state index is -0.400. The average molecular weight is 356 g/mol. The molecule has 25 heavy (non-hydrogen) atoms. The maximum atomic E-state index is 14.4. The van der Waals surface area contributed by atoms with Crippen LogP contribution in [-0.4, -0.2) is 37.6 Å². The molecule has 1 fully saturated rings. The van der Waals surface area contributed by atoms with Gasteiger partial charge in [-0.2, -0.15) is 0 Å². The van der Waals surface area contributed by atoms with Crippen molar-refractivity contribution in [1.82, 2.24) is 19.7 Å². The zero-order valence-electron chi connectivity index (χ0n) is 13.0. The Kier molecular flexibility index (Phi) is 4.19. The van der Waals surface area contributed by atoms with Gasteiger partial charge in [0.05, 0.1) is 12.3 Å². The van der Waals surface area contributed by atoms with E-state index in [9.17, 15) is 9.18 Å². The van der Waals surface area contributed by atoms with E-state index in [0.29, 0.717) is 35.3 Å². The molecule has 4 rings (SSSR count). The van der Waals surface area contributed by atoms with Crippen molar-refractivity contribution in [3.8, 4) is 17.1 Å². The van der Waals surface area contributed by atoms with E-state index >= 15 is 0 Å². The highest BCUT2D eigenvalue weighted by Gasteiger charge is 2.30. The third-order valence-electron chi connectivity index (χ3n) is 3.78. The number of hydrogen-bond acceptors (Lipinski definition) is 6. The van der Waals surface area contributed by atoms with Gasteiger partial charge in [-0.05, 0) is 24.3 Å². The van der Waals surface area contributed by atoms with Gasteiger partial charge in [0.15, 0.2) is 11.0 Å². The number of cyclic esters (lactones) is 1. The Morgan fingerprint density at radius 3 is 2.80 bits per heavy atom. The summed E-state index contributed by atoms with van der Waals surface area (Å²) in [5.41, 5.74) is 1.03. The zero-order chi connectivity index (χ0) is 17.2. The fourth-order valence-corrected chi connectivity index (χ4v) is 3.60. The van der Waals surface area contributed by atoms with E-state index in [-0.39, 0.29) is 11.2 Å². The number of ether oxygens (including phenoxy) is 1. The third-order valence-corrected chi connectivity index (χ3v) is 4.97. The molecular formula is C17H13FN4O2S. The SMILES string of the molecule is O=C1OCC[C@@H]1Sc1nnc(-c2cccnc2)n1-c1ccccc1F. The van der Waals surface area contributed by atoms with Crippen LogP contribution < -0.4 is 0 Å². The van der Waals surface area contributed by atoms with Crippen LogP contribution in [0.25, 0.3) is 17.1 Å². The van der Waals surface area contributed by atoms with Crippen molar-refractivity contribution in [2.45, 2.75) is 16.8 Å². The molecule has 1 atom stereocenters. The normalized spacial score (nSPS) is 16.8. The zero-order valence-corrected chi connectivity index (χ0v) is 13.8. The molecule has 0 saturated carbocycles. The van der Waals surface area contributed by atoms with Gasteiger partial charge in [-0.1, -0.05) is 23.9 Å². The molecule has 0 bridgehead atoms. The van der Waals surface area contributed by atoms with Gasteiger partial charge in [-0.15, -0.1) is 10.2 Å². The second-order valence-electron chi connectivity index (χ2n) is 5.40. The molecule has 0 unspecified atom stereocenters. The molecule has 0 spiro atoms. The molecule has 0 radical (unpaired) electrons. The highest BCUT2D eigenvalue weighted by Crippen LogP contribution is 2.33. The first-order chi connectivity index (χ1) is 12.2.